The number of aromatic nitrogens is 2. The van der Waals surface area contributed by atoms with Crippen molar-refractivity contribution in [3.8, 4) is 0 Å². The van der Waals surface area contributed by atoms with Crippen LogP contribution in [-0.2, 0) is 13.6 Å². The molecule has 1 aliphatic carbocycles. The minimum absolute atomic E-state index is 0.315. The number of rotatable bonds is 3. The zero-order valence-corrected chi connectivity index (χ0v) is 10.8. The summed E-state index contributed by atoms with van der Waals surface area (Å²) >= 11 is 6.39. The summed E-state index contributed by atoms with van der Waals surface area (Å²) in [6.45, 7) is 0.946. The number of halogens is 1. The highest BCUT2D eigenvalue weighted by atomic mass is 35.5. The predicted molar refractivity (Wildman–Crippen MR) is 66.6 cm³/mol. The second kappa shape index (κ2) is 5.19. The van der Waals surface area contributed by atoms with E-state index in [4.69, 9.17) is 11.6 Å². The van der Waals surface area contributed by atoms with Crippen LogP contribution in [0.25, 0.3) is 0 Å². The van der Waals surface area contributed by atoms with Crippen molar-refractivity contribution in [2.24, 2.45) is 7.05 Å². The Balaban J connectivity index is 1.93. The van der Waals surface area contributed by atoms with Crippen molar-refractivity contribution < 1.29 is 0 Å². The van der Waals surface area contributed by atoms with E-state index in [0.29, 0.717) is 11.4 Å². The number of hydrogen-bond acceptors (Lipinski definition) is 2. The van der Waals surface area contributed by atoms with Gasteiger partial charge in [-0.2, -0.15) is 5.10 Å². The predicted octanol–water partition coefficient (Wildman–Crippen LogP) is 2.40. The first kappa shape index (κ1) is 11.9. The average Bonchev–Trinajstić information content (AvgIpc) is 2.64. The minimum atomic E-state index is 0.315. The van der Waals surface area contributed by atoms with Gasteiger partial charge in [0, 0.05) is 36.8 Å². The smallest absolute Gasteiger partial charge is 0.0534 e. The monoisotopic (exact) mass is 241 g/mol. The highest BCUT2D eigenvalue weighted by molar-refractivity contribution is 6.21. The molecule has 0 spiro atoms. The number of alkyl halides is 1. The fraction of sp³-hybridized carbons (Fsp3) is 0.750. The van der Waals surface area contributed by atoms with Crippen molar-refractivity contribution in [2.45, 2.75) is 43.6 Å². The molecule has 1 saturated carbocycles. The van der Waals surface area contributed by atoms with Crippen LogP contribution < -0.4 is 0 Å². The molecule has 0 amide bonds. The average molecular weight is 242 g/mol. The SMILES string of the molecule is CN(Cc1cnn(C)c1)C1CCCCC1Cl. The Morgan fingerprint density at radius 2 is 2.25 bits per heavy atom. The molecular formula is C12H20ClN3. The van der Waals surface area contributed by atoms with Crippen molar-refractivity contribution in [3.63, 3.8) is 0 Å². The molecule has 90 valence electrons. The van der Waals surface area contributed by atoms with Crippen molar-refractivity contribution in [1.29, 1.82) is 0 Å². The van der Waals surface area contributed by atoms with E-state index >= 15 is 0 Å². The fourth-order valence-corrected chi connectivity index (χ4v) is 2.99. The molecule has 0 aromatic carbocycles. The van der Waals surface area contributed by atoms with Crippen LogP contribution in [0.5, 0.6) is 0 Å². The van der Waals surface area contributed by atoms with Crippen LogP contribution in [0, 0.1) is 0 Å². The first-order valence-corrected chi connectivity index (χ1v) is 6.42. The zero-order chi connectivity index (χ0) is 11.5. The third kappa shape index (κ3) is 2.77. The van der Waals surface area contributed by atoms with E-state index in [-0.39, 0.29) is 0 Å². The molecule has 1 aliphatic rings. The summed E-state index contributed by atoms with van der Waals surface area (Å²) in [5.41, 5.74) is 1.26. The largest absolute Gasteiger partial charge is 0.298 e. The van der Waals surface area contributed by atoms with Crippen LogP contribution in [0.15, 0.2) is 12.4 Å². The molecule has 0 N–H and O–H groups in total. The molecule has 16 heavy (non-hydrogen) atoms. The standard InChI is InChI=1S/C12H20ClN3/c1-15(8-10-7-14-16(2)9-10)12-6-4-3-5-11(12)13/h7,9,11-12H,3-6,8H2,1-2H3. The Bertz CT molecular complexity index is 337. The van der Waals surface area contributed by atoms with Crippen molar-refractivity contribution >= 4 is 11.6 Å². The van der Waals surface area contributed by atoms with Crippen LogP contribution in [0.3, 0.4) is 0 Å². The lowest BCUT2D eigenvalue weighted by molar-refractivity contribution is 0.188. The van der Waals surface area contributed by atoms with Gasteiger partial charge in [-0.25, -0.2) is 0 Å². The lowest BCUT2D eigenvalue weighted by Crippen LogP contribution is -2.40. The van der Waals surface area contributed by atoms with Gasteiger partial charge >= 0.3 is 0 Å². The van der Waals surface area contributed by atoms with Crippen molar-refractivity contribution in [2.75, 3.05) is 7.05 Å². The Labute approximate surface area is 102 Å². The first-order valence-electron chi connectivity index (χ1n) is 5.98. The molecule has 2 atom stereocenters. The quantitative estimate of drug-likeness (QED) is 0.758. The lowest BCUT2D eigenvalue weighted by Gasteiger charge is -2.34. The van der Waals surface area contributed by atoms with Crippen LogP contribution in [-0.4, -0.2) is 33.1 Å². The van der Waals surface area contributed by atoms with E-state index in [9.17, 15) is 0 Å². The summed E-state index contributed by atoms with van der Waals surface area (Å²) in [6, 6.07) is 0.524. The van der Waals surface area contributed by atoms with Gasteiger partial charge < -0.3 is 0 Å². The molecule has 2 unspecified atom stereocenters. The molecule has 3 nitrogen and oxygen atoms in total. The second-order valence-electron chi connectivity index (χ2n) is 4.81. The molecule has 4 heteroatoms. The first-order chi connectivity index (χ1) is 7.66. The van der Waals surface area contributed by atoms with Gasteiger partial charge in [0.05, 0.1) is 6.20 Å². The number of aryl methyl sites for hydroxylation is 1. The van der Waals surface area contributed by atoms with Gasteiger partial charge in [-0.05, 0) is 19.9 Å². The molecule has 0 aliphatic heterocycles. The summed E-state index contributed by atoms with van der Waals surface area (Å²) in [5, 5.41) is 4.51. The lowest BCUT2D eigenvalue weighted by atomic mass is 9.94. The van der Waals surface area contributed by atoms with E-state index in [2.05, 4.69) is 23.2 Å². The Morgan fingerprint density at radius 3 is 2.88 bits per heavy atom. The topological polar surface area (TPSA) is 21.1 Å². The second-order valence-corrected chi connectivity index (χ2v) is 5.37. The molecule has 1 fully saturated rings. The zero-order valence-electron chi connectivity index (χ0n) is 10.1. The Morgan fingerprint density at radius 1 is 1.50 bits per heavy atom. The van der Waals surface area contributed by atoms with E-state index in [1.807, 2.05) is 17.9 Å². The molecule has 0 bridgehead atoms. The minimum Gasteiger partial charge on any atom is -0.298 e. The Kier molecular flexibility index (Phi) is 3.87. The summed E-state index contributed by atoms with van der Waals surface area (Å²) in [7, 11) is 4.12. The summed E-state index contributed by atoms with van der Waals surface area (Å²) in [6.07, 6.45) is 8.98. The number of hydrogen-bond donors (Lipinski definition) is 0. The third-order valence-corrected chi connectivity index (χ3v) is 3.91. The normalized spacial score (nSPS) is 26.2. The summed E-state index contributed by atoms with van der Waals surface area (Å²) in [5.74, 6) is 0. The maximum atomic E-state index is 6.39. The van der Waals surface area contributed by atoms with E-state index in [0.717, 1.165) is 13.0 Å². The maximum Gasteiger partial charge on any atom is 0.0534 e. The van der Waals surface area contributed by atoms with Gasteiger partial charge in [0.15, 0.2) is 0 Å². The number of nitrogens with zero attached hydrogens (tertiary/aromatic N) is 3. The maximum absolute atomic E-state index is 6.39. The summed E-state index contributed by atoms with van der Waals surface area (Å²) in [4.78, 5) is 2.37. The van der Waals surface area contributed by atoms with Gasteiger partial charge in [-0.1, -0.05) is 12.8 Å². The van der Waals surface area contributed by atoms with Gasteiger partial charge in [0.1, 0.15) is 0 Å². The Hall–Kier alpha value is -0.540. The molecule has 2 rings (SSSR count). The molecule has 0 radical (unpaired) electrons. The fourth-order valence-electron chi connectivity index (χ4n) is 2.52. The van der Waals surface area contributed by atoms with Crippen molar-refractivity contribution in [1.82, 2.24) is 14.7 Å². The third-order valence-electron chi connectivity index (χ3n) is 3.40. The highest BCUT2D eigenvalue weighted by Gasteiger charge is 2.26. The van der Waals surface area contributed by atoms with Gasteiger partial charge in [-0.15, -0.1) is 11.6 Å². The summed E-state index contributed by atoms with van der Waals surface area (Å²) < 4.78 is 1.85. The van der Waals surface area contributed by atoms with Gasteiger partial charge in [0.25, 0.3) is 0 Å². The highest BCUT2D eigenvalue weighted by Crippen LogP contribution is 2.27. The van der Waals surface area contributed by atoms with Gasteiger partial charge in [0.2, 0.25) is 0 Å². The van der Waals surface area contributed by atoms with E-state index in [1.165, 1.54) is 24.8 Å². The molecule has 1 heterocycles. The van der Waals surface area contributed by atoms with Gasteiger partial charge in [-0.3, -0.25) is 9.58 Å². The molecule has 1 aromatic heterocycles. The van der Waals surface area contributed by atoms with E-state index in [1.54, 1.807) is 0 Å². The van der Waals surface area contributed by atoms with Crippen LogP contribution >= 0.6 is 11.6 Å². The van der Waals surface area contributed by atoms with E-state index < -0.39 is 0 Å². The van der Waals surface area contributed by atoms with Crippen LogP contribution in [0.1, 0.15) is 31.2 Å². The molecule has 1 aromatic rings. The molecule has 0 saturated heterocycles. The van der Waals surface area contributed by atoms with Crippen LogP contribution in [0.4, 0.5) is 0 Å². The van der Waals surface area contributed by atoms with Crippen molar-refractivity contribution in [3.05, 3.63) is 18.0 Å². The van der Waals surface area contributed by atoms with Crippen LogP contribution in [0.2, 0.25) is 0 Å². The molecular weight excluding hydrogens is 222 g/mol.